The summed E-state index contributed by atoms with van der Waals surface area (Å²) in [5.74, 6) is -1.37. The Morgan fingerprint density at radius 1 is 1.39 bits per heavy atom. The first-order valence-electron chi connectivity index (χ1n) is 5.12. The van der Waals surface area contributed by atoms with Crippen molar-refractivity contribution < 1.29 is 23.4 Å². The Bertz CT molecular complexity index is 554. The maximum Gasteiger partial charge on any atom is 0.337 e. The van der Waals surface area contributed by atoms with Crippen LogP contribution in [0.5, 0.6) is 0 Å². The van der Waals surface area contributed by atoms with Crippen molar-refractivity contribution in [3.63, 3.8) is 0 Å². The first kappa shape index (κ1) is 13.3. The summed E-state index contributed by atoms with van der Waals surface area (Å²) in [7, 11) is -3.18. The van der Waals surface area contributed by atoms with E-state index in [1.165, 1.54) is 18.3 Å². The van der Waals surface area contributed by atoms with Crippen molar-refractivity contribution in [3.8, 4) is 0 Å². The molecule has 0 amide bonds. The van der Waals surface area contributed by atoms with Gasteiger partial charge in [0.2, 0.25) is 0 Å². The highest BCUT2D eigenvalue weighted by Crippen LogP contribution is 2.30. The van der Waals surface area contributed by atoms with Gasteiger partial charge in [-0.3, -0.25) is 0 Å². The lowest BCUT2D eigenvalue weighted by atomic mass is 10.3. The lowest BCUT2D eigenvalue weighted by Crippen LogP contribution is -2.20. The summed E-state index contributed by atoms with van der Waals surface area (Å²) in [6.45, 7) is 0. The minimum Gasteiger partial charge on any atom is -0.478 e. The lowest BCUT2D eigenvalue weighted by Gasteiger charge is -2.11. The number of aliphatic hydroxyl groups is 1. The summed E-state index contributed by atoms with van der Waals surface area (Å²) in [6.07, 6.45) is 0.307. The van der Waals surface area contributed by atoms with Crippen LogP contribution in [0.3, 0.4) is 0 Å². The summed E-state index contributed by atoms with van der Waals surface area (Å²) in [5.41, 5.74) is 0.0685. The highest BCUT2D eigenvalue weighted by atomic mass is 32.2. The molecule has 2 unspecified atom stereocenters. The molecular weight excluding hydrogens is 278 g/mol. The number of thioether (sulfide) groups is 1. The molecule has 0 aromatic carbocycles. The molecule has 1 fully saturated rings. The maximum atomic E-state index is 11.3. The molecule has 0 spiro atoms. The van der Waals surface area contributed by atoms with E-state index in [0.29, 0.717) is 5.03 Å². The number of pyridine rings is 1. The number of sulfone groups is 1. The van der Waals surface area contributed by atoms with Crippen molar-refractivity contribution >= 4 is 27.6 Å². The van der Waals surface area contributed by atoms with Gasteiger partial charge in [-0.25, -0.2) is 18.2 Å². The molecule has 0 bridgehead atoms. The predicted octanol–water partition coefficient (Wildman–Crippen LogP) is 0.0298. The van der Waals surface area contributed by atoms with Gasteiger partial charge in [0, 0.05) is 6.20 Å². The number of carbonyl (C=O) groups is 1. The molecule has 0 saturated carbocycles. The van der Waals surface area contributed by atoms with Crippen LogP contribution < -0.4 is 0 Å². The SMILES string of the molecule is O=C(O)c1ccc(SC2CS(=O)(=O)CC2O)nc1. The summed E-state index contributed by atoms with van der Waals surface area (Å²) in [4.78, 5) is 14.5. The smallest absolute Gasteiger partial charge is 0.337 e. The van der Waals surface area contributed by atoms with Crippen LogP contribution >= 0.6 is 11.8 Å². The Kier molecular flexibility index (Phi) is 3.60. The third kappa shape index (κ3) is 3.01. The molecule has 6 nitrogen and oxygen atoms in total. The second kappa shape index (κ2) is 4.87. The zero-order valence-corrected chi connectivity index (χ0v) is 10.8. The highest BCUT2D eigenvalue weighted by molar-refractivity contribution is 8.01. The summed E-state index contributed by atoms with van der Waals surface area (Å²) in [5, 5.41) is 18.4. The Balaban J connectivity index is 2.08. The van der Waals surface area contributed by atoms with E-state index in [0.717, 1.165) is 11.8 Å². The zero-order valence-electron chi connectivity index (χ0n) is 9.18. The van der Waals surface area contributed by atoms with Crippen LogP contribution in [-0.2, 0) is 9.84 Å². The van der Waals surface area contributed by atoms with Crippen LogP contribution in [0.4, 0.5) is 0 Å². The first-order valence-corrected chi connectivity index (χ1v) is 7.82. The number of aliphatic hydroxyl groups excluding tert-OH is 1. The van der Waals surface area contributed by atoms with Gasteiger partial charge >= 0.3 is 5.97 Å². The van der Waals surface area contributed by atoms with Gasteiger partial charge in [-0.05, 0) is 12.1 Å². The predicted molar refractivity (Wildman–Crippen MR) is 65.5 cm³/mol. The van der Waals surface area contributed by atoms with Gasteiger partial charge in [-0.2, -0.15) is 0 Å². The number of hydrogen-bond donors (Lipinski definition) is 2. The third-order valence-electron chi connectivity index (χ3n) is 2.53. The van der Waals surface area contributed by atoms with Gasteiger partial charge in [-0.15, -0.1) is 0 Å². The molecule has 1 aromatic rings. The molecule has 2 heterocycles. The molecule has 1 aliphatic rings. The molecule has 2 atom stereocenters. The van der Waals surface area contributed by atoms with Gasteiger partial charge in [0.05, 0.1) is 33.4 Å². The number of carboxylic acid groups (broad SMARTS) is 1. The van der Waals surface area contributed by atoms with E-state index in [-0.39, 0.29) is 17.1 Å². The fourth-order valence-electron chi connectivity index (χ4n) is 1.64. The van der Waals surface area contributed by atoms with Crippen molar-refractivity contribution in [1.29, 1.82) is 0 Å². The van der Waals surface area contributed by atoms with E-state index in [9.17, 15) is 18.3 Å². The fraction of sp³-hybridized carbons (Fsp3) is 0.400. The maximum absolute atomic E-state index is 11.3. The average molecular weight is 289 g/mol. The van der Waals surface area contributed by atoms with Gasteiger partial charge in [0.1, 0.15) is 0 Å². The number of rotatable bonds is 3. The van der Waals surface area contributed by atoms with E-state index in [2.05, 4.69) is 4.98 Å². The topological polar surface area (TPSA) is 105 Å². The van der Waals surface area contributed by atoms with Crippen molar-refractivity contribution in [2.24, 2.45) is 0 Å². The quantitative estimate of drug-likeness (QED) is 0.808. The summed E-state index contributed by atoms with van der Waals surface area (Å²) >= 11 is 1.15. The number of nitrogens with zero attached hydrogens (tertiary/aromatic N) is 1. The summed E-state index contributed by atoms with van der Waals surface area (Å²) in [6, 6.07) is 2.90. The van der Waals surface area contributed by atoms with E-state index in [1.54, 1.807) is 0 Å². The summed E-state index contributed by atoms with van der Waals surface area (Å²) < 4.78 is 22.6. The number of aromatic nitrogens is 1. The average Bonchev–Trinajstić information content (AvgIpc) is 2.52. The van der Waals surface area contributed by atoms with Gasteiger partial charge in [0.15, 0.2) is 9.84 Å². The second-order valence-corrected chi connectivity index (χ2v) is 7.40. The van der Waals surface area contributed by atoms with E-state index in [4.69, 9.17) is 5.11 Å². The van der Waals surface area contributed by atoms with Crippen LogP contribution in [0.1, 0.15) is 10.4 Å². The van der Waals surface area contributed by atoms with E-state index < -0.39 is 27.2 Å². The molecule has 0 aliphatic carbocycles. The Morgan fingerprint density at radius 2 is 2.11 bits per heavy atom. The minimum absolute atomic E-state index is 0.0685. The largest absolute Gasteiger partial charge is 0.478 e. The van der Waals surface area contributed by atoms with Crippen molar-refractivity contribution in [3.05, 3.63) is 23.9 Å². The first-order chi connectivity index (χ1) is 8.37. The third-order valence-corrected chi connectivity index (χ3v) is 5.72. The Morgan fingerprint density at radius 3 is 2.56 bits per heavy atom. The molecule has 1 aliphatic heterocycles. The van der Waals surface area contributed by atoms with Crippen LogP contribution in [0.2, 0.25) is 0 Å². The molecule has 98 valence electrons. The highest BCUT2D eigenvalue weighted by Gasteiger charge is 2.37. The van der Waals surface area contributed by atoms with E-state index in [1.807, 2.05) is 0 Å². The van der Waals surface area contributed by atoms with Crippen LogP contribution in [0.15, 0.2) is 23.4 Å². The molecule has 2 rings (SSSR count). The van der Waals surface area contributed by atoms with Crippen LogP contribution in [0.25, 0.3) is 0 Å². The Hall–Kier alpha value is -1.12. The lowest BCUT2D eigenvalue weighted by molar-refractivity contribution is 0.0696. The molecule has 1 saturated heterocycles. The number of carboxylic acids is 1. The minimum atomic E-state index is -3.18. The monoisotopic (exact) mass is 289 g/mol. The normalized spacial score (nSPS) is 26.1. The van der Waals surface area contributed by atoms with Crippen molar-refractivity contribution in [1.82, 2.24) is 4.98 Å². The number of hydrogen-bond acceptors (Lipinski definition) is 6. The van der Waals surface area contributed by atoms with Gasteiger partial charge in [-0.1, -0.05) is 11.8 Å². The standard InChI is InChI=1S/C10H11NO5S2/c12-7-4-18(15,16)5-8(7)17-9-2-1-6(3-11-9)10(13)14/h1-3,7-8,12H,4-5H2,(H,13,14). The molecular formula is C10H11NO5S2. The Labute approximate surface area is 108 Å². The van der Waals surface area contributed by atoms with Crippen LogP contribution in [0, 0.1) is 0 Å². The number of aromatic carboxylic acids is 1. The van der Waals surface area contributed by atoms with Gasteiger partial charge in [0.25, 0.3) is 0 Å². The van der Waals surface area contributed by atoms with Gasteiger partial charge < -0.3 is 10.2 Å². The van der Waals surface area contributed by atoms with E-state index >= 15 is 0 Å². The zero-order chi connectivity index (χ0) is 13.3. The van der Waals surface area contributed by atoms with Crippen molar-refractivity contribution in [2.75, 3.05) is 11.5 Å². The molecule has 8 heteroatoms. The van der Waals surface area contributed by atoms with Crippen molar-refractivity contribution in [2.45, 2.75) is 16.4 Å². The fourth-order valence-corrected chi connectivity index (χ4v) is 5.09. The molecule has 18 heavy (non-hydrogen) atoms. The molecule has 1 aromatic heterocycles. The molecule has 2 N–H and O–H groups in total. The second-order valence-electron chi connectivity index (χ2n) is 3.99. The van der Waals surface area contributed by atoms with Crippen LogP contribution in [-0.4, -0.2) is 52.4 Å². The molecule has 0 radical (unpaired) electrons.